The molecule has 1 heterocycles. The van der Waals surface area contributed by atoms with Gasteiger partial charge in [-0.05, 0) is 80.6 Å². The fourth-order valence-corrected chi connectivity index (χ4v) is 5.53. The lowest BCUT2D eigenvalue weighted by molar-refractivity contribution is -0.137. The van der Waals surface area contributed by atoms with E-state index in [9.17, 15) is 22.8 Å². The molecule has 0 aromatic heterocycles. The monoisotopic (exact) mass is 618 g/mol. The molecule has 12 heteroatoms. The average Bonchev–Trinajstić information content (AvgIpc) is 3.72. The van der Waals surface area contributed by atoms with Crippen molar-refractivity contribution >= 4 is 52.4 Å². The Morgan fingerprint density at radius 2 is 1.68 bits per heavy atom. The molecule has 4 rings (SSSR count). The summed E-state index contributed by atoms with van der Waals surface area (Å²) in [5.41, 5.74) is 0.124. The van der Waals surface area contributed by atoms with Crippen LogP contribution in [0.4, 0.5) is 23.7 Å². The Hall–Kier alpha value is -2.20. The lowest BCUT2D eigenvalue weighted by atomic mass is 10.1. The van der Waals surface area contributed by atoms with Gasteiger partial charge in [-0.3, -0.25) is 4.79 Å². The Morgan fingerprint density at radius 3 is 2.42 bits per heavy atom. The van der Waals surface area contributed by atoms with Crippen molar-refractivity contribution in [1.82, 2.24) is 15.1 Å². The van der Waals surface area contributed by atoms with E-state index in [-0.39, 0.29) is 23.4 Å². The van der Waals surface area contributed by atoms with E-state index in [2.05, 4.69) is 15.5 Å². The van der Waals surface area contributed by atoms with E-state index in [0.29, 0.717) is 36.2 Å². The van der Waals surface area contributed by atoms with Gasteiger partial charge in [0.1, 0.15) is 0 Å². The maximum Gasteiger partial charge on any atom is 0.417 e. The van der Waals surface area contributed by atoms with Gasteiger partial charge in [-0.2, -0.15) is 13.2 Å². The summed E-state index contributed by atoms with van der Waals surface area (Å²) in [7, 11) is 0. The second-order valence-electron chi connectivity index (χ2n) is 10.3. The first-order valence-electron chi connectivity index (χ1n) is 13.4. The van der Waals surface area contributed by atoms with E-state index in [1.165, 1.54) is 6.07 Å². The highest BCUT2D eigenvalue weighted by atomic mass is 35.5. The molecule has 0 unspecified atom stereocenters. The molecular weight excluding hydrogens is 588 g/mol. The highest BCUT2D eigenvalue weighted by molar-refractivity contribution is 6.42. The standard InChI is InChI=1S/C28H32Cl3F3N4O2/c29-23-8-6-19(16-22(23)28(32,33)34)36-27(40)38-12-4-11-37(13-14-38)10-3-1-2-9-35-26(39)21-17-20(21)18-5-7-24(30)25(31)15-18/h5-8,15-16,20-21H,1-4,9-14,17H2,(H,35,39)(H,36,40)/t20-,21+/m0/s1. The number of hydrogen-bond donors (Lipinski definition) is 2. The number of benzene rings is 2. The first-order valence-corrected chi connectivity index (χ1v) is 14.5. The minimum Gasteiger partial charge on any atom is -0.356 e. The number of carbonyl (C=O) groups is 2. The quantitative estimate of drug-likeness (QED) is 0.290. The molecule has 1 saturated heterocycles. The normalized spacial score (nSPS) is 19.7. The number of hydrogen-bond acceptors (Lipinski definition) is 3. The highest BCUT2D eigenvalue weighted by Crippen LogP contribution is 2.48. The van der Waals surface area contributed by atoms with Gasteiger partial charge in [-0.25, -0.2) is 4.79 Å². The third-order valence-corrected chi connectivity index (χ3v) is 8.42. The predicted octanol–water partition coefficient (Wildman–Crippen LogP) is 7.30. The Balaban J connectivity index is 1.10. The number of unbranched alkanes of at least 4 members (excludes halogenated alkanes) is 2. The van der Waals surface area contributed by atoms with E-state index >= 15 is 0 Å². The number of nitrogens with one attached hydrogen (secondary N) is 2. The number of urea groups is 1. The number of amides is 3. The molecule has 0 spiro atoms. The van der Waals surface area contributed by atoms with Gasteiger partial charge in [0.25, 0.3) is 0 Å². The Bertz CT molecular complexity index is 1210. The summed E-state index contributed by atoms with van der Waals surface area (Å²) < 4.78 is 39.3. The largest absolute Gasteiger partial charge is 0.417 e. The van der Waals surface area contributed by atoms with Crippen molar-refractivity contribution in [1.29, 1.82) is 0 Å². The fraction of sp³-hybridized carbons (Fsp3) is 0.500. The summed E-state index contributed by atoms with van der Waals surface area (Å²) in [6, 6.07) is 8.45. The molecule has 218 valence electrons. The van der Waals surface area contributed by atoms with Crippen LogP contribution in [0.1, 0.15) is 49.1 Å². The van der Waals surface area contributed by atoms with Crippen LogP contribution >= 0.6 is 34.8 Å². The molecule has 1 saturated carbocycles. The Labute approximate surface area is 247 Å². The third-order valence-electron chi connectivity index (χ3n) is 7.35. The van der Waals surface area contributed by atoms with Crippen molar-refractivity contribution in [2.45, 2.75) is 44.2 Å². The van der Waals surface area contributed by atoms with Crippen molar-refractivity contribution in [2.75, 3.05) is 44.6 Å². The van der Waals surface area contributed by atoms with Crippen molar-refractivity contribution in [3.05, 3.63) is 62.6 Å². The van der Waals surface area contributed by atoms with Crippen LogP contribution in [0.3, 0.4) is 0 Å². The van der Waals surface area contributed by atoms with Gasteiger partial charge in [-0.1, -0.05) is 47.3 Å². The number of alkyl halides is 3. The Kier molecular flexibility index (Phi) is 10.5. The van der Waals surface area contributed by atoms with Gasteiger partial charge in [0.15, 0.2) is 0 Å². The number of rotatable bonds is 9. The molecule has 2 atom stereocenters. The van der Waals surface area contributed by atoms with Gasteiger partial charge >= 0.3 is 12.2 Å². The highest BCUT2D eigenvalue weighted by Gasteiger charge is 2.43. The second-order valence-corrected chi connectivity index (χ2v) is 11.5. The molecule has 0 radical (unpaired) electrons. The first kappa shape index (κ1) is 30.8. The summed E-state index contributed by atoms with van der Waals surface area (Å²) in [6.45, 7) is 4.07. The zero-order chi connectivity index (χ0) is 28.9. The van der Waals surface area contributed by atoms with Crippen LogP contribution < -0.4 is 10.6 Å². The number of carbonyl (C=O) groups excluding carboxylic acids is 2. The molecule has 1 aliphatic heterocycles. The number of halogens is 6. The summed E-state index contributed by atoms with van der Waals surface area (Å²) in [5, 5.41) is 6.21. The third kappa shape index (κ3) is 8.41. The van der Waals surface area contributed by atoms with Gasteiger partial charge in [0.2, 0.25) is 5.91 Å². The molecule has 2 N–H and O–H groups in total. The van der Waals surface area contributed by atoms with Crippen LogP contribution in [0.2, 0.25) is 15.1 Å². The van der Waals surface area contributed by atoms with E-state index in [1.807, 2.05) is 12.1 Å². The van der Waals surface area contributed by atoms with Crippen LogP contribution in [0.15, 0.2) is 36.4 Å². The Morgan fingerprint density at radius 1 is 0.900 bits per heavy atom. The zero-order valence-electron chi connectivity index (χ0n) is 21.9. The molecule has 3 amide bonds. The van der Waals surface area contributed by atoms with Crippen LogP contribution in [-0.4, -0.2) is 61.0 Å². The number of nitrogens with zero attached hydrogens (tertiary/aromatic N) is 2. The van der Waals surface area contributed by atoms with Gasteiger partial charge in [0.05, 0.1) is 20.6 Å². The summed E-state index contributed by atoms with van der Waals surface area (Å²) in [4.78, 5) is 29.1. The van der Waals surface area contributed by atoms with Gasteiger partial charge in [0, 0.05) is 37.8 Å². The van der Waals surface area contributed by atoms with E-state index in [4.69, 9.17) is 34.8 Å². The maximum absolute atomic E-state index is 13.1. The van der Waals surface area contributed by atoms with E-state index < -0.39 is 22.8 Å². The van der Waals surface area contributed by atoms with Crippen LogP contribution in [0, 0.1) is 5.92 Å². The lowest BCUT2D eigenvalue weighted by Crippen LogP contribution is -2.38. The van der Waals surface area contributed by atoms with Crippen LogP contribution in [-0.2, 0) is 11.0 Å². The predicted molar refractivity (Wildman–Crippen MR) is 152 cm³/mol. The molecule has 6 nitrogen and oxygen atoms in total. The zero-order valence-corrected chi connectivity index (χ0v) is 24.1. The van der Waals surface area contributed by atoms with Crippen molar-refractivity contribution in [2.24, 2.45) is 5.92 Å². The van der Waals surface area contributed by atoms with Crippen molar-refractivity contribution < 1.29 is 22.8 Å². The SMILES string of the molecule is O=C(NCCCCCN1CCCN(C(=O)Nc2ccc(Cl)c(C(F)(F)F)c2)CC1)[C@@H]1C[C@H]1c1ccc(Cl)c(Cl)c1. The van der Waals surface area contributed by atoms with E-state index in [0.717, 1.165) is 62.9 Å². The van der Waals surface area contributed by atoms with Crippen LogP contribution in [0.5, 0.6) is 0 Å². The van der Waals surface area contributed by atoms with Gasteiger partial charge in [-0.15, -0.1) is 0 Å². The number of anilines is 1. The molecule has 40 heavy (non-hydrogen) atoms. The minimum absolute atomic E-state index is 0.0131. The molecule has 2 aromatic rings. The summed E-state index contributed by atoms with van der Waals surface area (Å²) in [5.74, 6) is 0.263. The smallest absolute Gasteiger partial charge is 0.356 e. The molecule has 0 bridgehead atoms. The molecular formula is C28H32Cl3F3N4O2. The lowest BCUT2D eigenvalue weighted by Gasteiger charge is -2.22. The maximum atomic E-state index is 13.1. The molecule has 2 aliphatic rings. The molecule has 2 fully saturated rings. The fourth-order valence-electron chi connectivity index (χ4n) is 5.00. The average molecular weight is 620 g/mol. The van der Waals surface area contributed by atoms with Crippen molar-refractivity contribution in [3.63, 3.8) is 0 Å². The van der Waals surface area contributed by atoms with Crippen molar-refractivity contribution in [3.8, 4) is 0 Å². The van der Waals surface area contributed by atoms with Crippen LogP contribution in [0.25, 0.3) is 0 Å². The summed E-state index contributed by atoms with van der Waals surface area (Å²) in [6.07, 6.45) is -0.164. The topological polar surface area (TPSA) is 64.7 Å². The second kappa shape index (κ2) is 13.6. The first-order chi connectivity index (χ1) is 19.0. The van der Waals surface area contributed by atoms with E-state index in [1.54, 1.807) is 11.0 Å². The molecule has 2 aromatic carbocycles. The summed E-state index contributed by atoms with van der Waals surface area (Å²) >= 11 is 17.7. The molecule has 1 aliphatic carbocycles. The minimum atomic E-state index is -4.60. The van der Waals surface area contributed by atoms with Gasteiger partial charge < -0.3 is 20.4 Å².